The molecule has 0 saturated heterocycles. The Hall–Kier alpha value is -2.31. The summed E-state index contributed by atoms with van der Waals surface area (Å²) in [6, 6.07) is 10.6. The van der Waals surface area contributed by atoms with Crippen molar-refractivity contribution in [2.75, 3.05) is 6.54 Å². The predicted molar refractivity (Wildman–Crippen MR) is 82.6 cm³/mol. The van der Waals surface area contributed by atoms with Crippen molar-refractivity contribution in [2.45, 2.75) is 20.5 Å². The van der Waals surface area contributed by atoms with E-state index in [2.05, 4.69) is 18.8 Å². The summed E-state index contributed by atoms with van der Waals surface area (Å²) in [6.07, 6.45) is 0. The molecule has 3 heteroatoms. The van der Waals surface area contributed by atoms with Gasteiger partial charge in [0.25, 0.3) is 0 Å². The molecular formula is C18H18FNO. The highest BCUT2D eigenvalue weighted by atomic mass is 19.1. The Labute approximate surface area is 124 Å². The summed E-state index contributed by atoms with van der Waals surface area (Å²) in [4.78, 5) is 0. The largest absolute Gasteiger partial charge is 0.486 e. The van der Waals surface area contributed by atoms with E-state index in [1.165, 1.54) is 17.2 Å². The summed E-state index contributed by atoms with van der Waals surface area (Å²) >= 11 is 0. The summed E-state index contributed by atoms with van der Waals surface area (Å²) in [6.45, 7) is 4.70. The van der Waals surface area contributed by atoms with Crippen molar-refractivity contribution in [3.63, 3.8) is 0 Å². The third kappa shape index (κ3) is 4.08. The molecule has 0 amide bonds. The molecule has 2 nitrogen and oxygen atoms in total. The smallest absolute Gasteiger partial charge is 0.165 e. The first kappa shape index (κ1) is 15.1. The number of rotatable bonds is 3. The zero-order chi connectivity index (χ0) is 15.2. The van der Waals surface area contributed by atoms with Crippen LogP contribution in [0.25, 0.3) is 0 Å². The second kappa shape index (κ2) is 6.92. The Morgan fingerprint density at radius 1 is 1.10 bits per heavy atom. The molecule has 2 aromatic carbocycles. The van der Waals surface area contributed by atoms with Gasteiger partial charge in [0.1, 0.15) is 6.61 Å². The normalized spacial score (nSPS) is 9.90. The van der Waals surface area contributed by atoms with Crippen LogP contribution in [-0.2, 0) is 6.61 Å². The van der Waals surface area contributed by atoms with E-state index in [0.717, 1.165) is 5.56 Å². The van der Waals surface area contributed by atoms with Crippen LogP contribution >= 0.6 is 0 Å². The SMILES string of the molecule is Cc1ccc(COc2cc(C#CCN)ccc2F)cc1C. The number of benzene rings is 2. The maximum atomic E-state index is 13.7. The Bertz CT molecular complexity index is 698. The van der Waals surface area contributed by atoms with E-state index >= 15 is 0 Å². The minimum absolute atomic E-state index is 0.206. The van der Waals surface area contributed by atoms with E-state index in [1.807, 2.05) is 25.1 Å². The van der Waals surface area contributed by atoms with E-state index in [4.69, 9.17) is 10.5 Å². The zero-order valence-corrected chi connectivity index (χ0v) is 12.2. The molecule has 0 unspecified atom stereocenters. The molecular weight excluding hydrogens is 265 g/mol. The van der Waals surface area contributed by atoms with E-state index < -0.39 is 5.82 Å². The molecule has 0 aliphatic carbocycles. The molecule has 0 atom stereocenters. The van der Waals surface area contributed by atoms with Gasteiger partial charge in [-0.05, 0) is 48.7 Å². The molecule has 0 spiro atoms. The fraction of sp³-hybridized carbons (Fsp3) is 0.222. The monoisotopic (exact) mass is 283 g/mol. The number of ether oxygens (including phenoxy) is 1. The van der Waals surface area contributed by atoms with Gasteiger partial charge in [0, 0.05) is 5.56 Å². The minimum atomic E-state index is -0.392. The molecule has 2 aromatic rings. The number of aryl methyl sites for hydroxylation is 2. The third-order valence-corrected chi connectivity index (χ3v) is 3.23. The Morgan fingerprint density at radius 2 is 1.90 bits per heavy atom. The molecule has 108 valence electrons. The van der Waals surface area contributed by atoms with Crippen molar-refractivity contribution in [3.05, 3.63) is 64.5 Å². The van der Waals surface area contributed by atoms with E-state index in [1.54, 1.807) is 12.1 Å². The van der Waals surface area contributed by atoms with Gasteiger partial charge in [-0.3, -0.25) is 0 Å². The molecule has 0 heterocycles. The van der Waals surface area contributed by atoms with Crippen LogP contribution in [0, 0.1) is 31.5 Å². The lowest BCUT2D eigenvalue weighted by Crippen LogP contribution is -1.99. The topological polar surface area (TPSA) is 35.2 Å². The van der Waals surface area contributed by atoms with Gasteiger partial charge in [-0.25, -0.2) is 4.39 Å². The van der Waals surface area contributed by atoms with Gasteiger partial charge in [0.15, 0.2) is 11.6 Å². The lowest BCUT2D eigenvalue weighted by molar-refractivity contribution is 0.290. The van der Waals surface area contributed by atoms with Gasteiger partial charge in [0.05, 0.1) is 6.54 Å². The summed E-state index contributed by atoms with van der Waals surface area (Å²) < 4.78 is 19.3. The van der Waals surface area contributed by atoms with Gasteiger partial charge >= 0.3 is 0 Å². The summed E-state index contributed by atoms with van der Waals surface area (Å²) in [7, 11) is 0. The quantitative estimate of drug-likeness (QED) is 0.877. The van der Waals surface area contributed by atoms with Crippen molar-refractivity contribution in [3.8, 4) is 17.6 Å². The highest BCUT2D eigenvalue weighted by Crippen LogP contribution is 2.20. The molecule has 0 aliphatic heterocycles. The van der Waals surface area contributed by atoms with Crippen LogP contribution in [0.2, 0.25) is 0 Å². The van der Waals surface area contributed by atoms with E-state index in [9.17, 15) is 4.39 Å². The summed E-state index contributed by atoms with van der Waals surface area (Å²) in [5.41, 5.74) is 9.45. The lowest BCUT2D eigenvalue weighted by Gasteiger charge is -2.09. The molecule has 0 fully saturated rings. The van der Waals surface area contributed by atoms with Crippen molar-refractivity contribution < 1.29 is 9.13 Å². The fourth-order valence-corrected chi connectivity index (χ4v) is 1.90. The van der Waals surface area contributed by atoms with Crippen LogP contribution in [0.3, 0.4) is 0 Å². The second-order valence-corrected chi connectivity index (χ2v) is 4.86. The Morgan fingerprint density at radius 3 is 2.62 bits per heavy atom. The number of halogens is 1. The maximum Gasteiger partial charge on any atom is 0.165 e. The standard InChI is InChI=1S/C18H18FNO/c1-13-5-6-16(10-14(13)2)12-21-18-11-15(4-3-9-20)7-8-17(18)19/h5-8,10-11H,9,12,20H2,1-2H3. The molecule has 0 aromatic heterocycles. The first-order valence-corrected chi connectivity index (χ1v) is 6.77. The first-order chi connectivity index (χ1) is 10.1. The number of hydrogen-bond donors (Lipinski definition) is 1. The highest BCUT2D eigenvalue weighted by Gasteiger charge is 2.05. The molecule has 0 saturated carbocycles. The Kier molecular flexibility index (Phi) is 4.97. The maximum absolute atomic E-state index is 13.7. The van der Waals surface area contributed by atoms with Crippen LogP contribution < -0.4 is 10.5 Å². The van der Waals surface area contributed by atoms with Gasteiger partial charge in [-0.2, -0.15) is 0 Å². The number of nitrogens with two attached hydrogens (primary N) is 1. The summed E-state index contributed by atoms with van der Waals surface area (Å²) in [5.74, 6) is 5.42. The average molecular weight is 283 g/mol. The van der Waals surface area contributed by atoms with Gasteiger partial charge in [-0.15, -0.1) is 0 Å². The number of hydrogen-bond acceptors (Lipinski definition) is 2. The van der Waals surface area contributed by atoms with Gasteiger partial charge in [0.2, 0.25) is 0 Å². The van der Waals surface area contributed by atoms with Crippen LogP contribution in [0.4, 0.5) is 4.39 Å². The second-order valence-electron chi connectivity index (χ2n) is 4.86. The lowest BCUT2D eigenvalue weighted by atomic mass is 10.1. The molecule has 2 rings (SSSR count). The zero-order valence-electron chi connectivity index (χ0n) is 12.2. The Balaban J connectivity index is 2.13. The average Bonchev–Trinajstić information content (AvgIpc) is 2.48. The van der Waals surface area contributed by atoms with Crippen LogP contribution in [0.15, 0.2) is 36.4 Å². The predicted octanol–water partition coefficient (Wildman–Crippen LogP) is 3.33. The van der Waals surface area contributed by atoms with Crippen molar-refractivity contribution >= 4 is 0 Å². The van der Waals surface area contributed by atoms with E-state index in [0.29, 0.717) is 12.2 Å². The molecule has 21 heavy (non-hydrogen) atoms. The molecule has 2 N–H and O–H groups in total. The summed E-state index contributed by atoms with van der Waals surface area (Å²) in [5, 5.41) is 0. The molecule has 0 bridgehead atoms. The van der Waals surface area contributed by atoms with Crippen molar-refractivity contribution in [1.82, 2.24) is 0 Å². The third-order valence-electron chi connectivity index (χ3n) is 3.23. The first-order valence-electron chi connectivity index (χ1n) is 6.77. The fourth-order valence-electron chi connectivity index (χ4n) is 1.90. The minimum Gasteiger partial charge on any atom is -0.486 e. The van der Waals surface area contributed by atoms with Crippen molar-refractivity contribution in [2.24, 2.45) is 5.73 Å². The highest BCUT2D eigenvalue weighted by molar-refractivity contribution is 5.41. The van der Waals surface area contributed by atoms with Gasteiger partial charge < -0.3 is 10.5 Å². The van der Waals surface area contributed by atoms with Gasteiger partial charge in [-0.1, -0.05) is 30.0 Å². The van der Waals surface area contributed by atoms with Crippen LogP contribution in [0.1, 0.15) is 22.3 Å². The van der Waals surface area contributed by atoms with Crippen LogP contribution in [-0.4, -0.2) is 6.54 Å². The van der Waals surface area contributed by atoms with Crippen LogP contribution in [0.5, 0.6) is 5.75 Å². The molecule has 0 radical (unpaired) electrons. The van der Waals surface area contributed by atoms with Crippen molar-refractivity contribution in [1.29, 1.82) is 0 Å². The molecule has 0 aliphatic rings. The van der Waals surface area contributed by atoms with E-state index in [-0.39, 0.29) is 12.3 Å².